The number of aromatic nitrogens is 1. The van der Waals surface area contributed by atoms with E-state index >= 15 is 0 Å². The molecule has 1 aromatic heterocycles. The maximum atomic E-state index is 12.9. The van der Waals surface area contributed by atoms with Gasteiger partial charge in [0, 0.05) is 24.7 Å². The molecule has 1 fully saturated rings. The number of benzene rings is 2. The first-order valence-electron chi connectivity index (χ1n) is 9.71. The quantitative estimate of drug-likeness (QED) is 0.695. The lowest BCUT2D eigenvalue weighted by molar-refractivity contribution is 0.177. The van der Waals surface area contributed by atoms with Crippen molar-refractivity contribution in [1.29, 1.82) is 0 Å². The Hall–Kier alpha value is -2.28. The van der Waals surface area contributed by atoms with E-state index in [2.05, 4.69) is 14.6 Å². The molecular weight excluding hydrogens is 370 g/mol. The highest BCUT2D eigenvalue weighted by Crippen LogP contribution is 2.23. The third kappa shape index (κ3) is 4.41. The summed E-state index contributed by atoms with van der Waals surface area (Å²) >= 11 is 0. The molecule has 0 saturated carbocycles. The van der Waals surface area contributed by atoms with E-state index in [4.69, 9.17) is 0 Å². The Labute approximate surface area is 166 Å². The van der Waals surface area contributed by atoms with Crippen LogP contribution >= 0.6 is 0 Å². The van der Waals surface area contributed by atoms with E-state index in [1.807, 2.05) is 54.7 Å². The Morgan fingerprint density at radius 2 is 1.71 bits per heavy atom. The van der Waals surface area contributed by atoms with Crippen molar-refractivity contribution in [3.05, 3.63) is 72.6 Å². The van der Waals surface area contributed by atoms with Crippen LogP contribution in [0.1, 0.15) is 18.5 Å². The van der Waals surface area contributed by atoms with Crippen LogP contribution in [0.15, 0.2) is 71.8 Å². The predicted octanol–water partition coefficient (Wildman–Crippen LogP) is 3.43. The van der Waals surface area contributed by atoms with Crippen molar-refractivity contribution in [2.24, 2.45) is 5.92 Å². The van der Waals surface area contributed by atoms with E-state index in [0.717, 1.165) is 48.9 Å². The molecule has 3 aromatic rings. The molecule has 1 N–H and O–H groups in total. The molecule has 0 aliphatic carbocycles. The van der Waals surface area contributed by atoms with E-state index in [9.17, 15) is 8.42 Å². The Morgan fingerprint density at radius 1 is 0.964 bits per heavy atom. The fourth-order valence-electron chi connectivity index (χ4n) is 3.80. The van der Waals surface area contributed by atoms with Crippen molar-refractivity contribution in [2.45, 2.75) is 24.3 Å². The van der Waals surface area contributed by atoms with Gasteiger partial charge in [0.1, 0.15) is 0 Å². The van der Waals surface area contributed by atoms with Gasteiger partial charge in [0.25, 0.3) is 0 Å². The van der Waals surface area contributed by atoms with Crippen LogP contribution in [0.4, 0.5) is 0 Å². The second kappa shape index (κ2) is 8.39. The highest BCUT2D eigenvalue weighted by Gasteiger charge is 2.23. The summed E-state index contributed by atoms with van der Waals surface area (Å²) in [7, 11) is -3.52. The third-order valence-electron chi connectivity index (χ3n) is 5.42. The summed E-state index contributed by atoms with van der Waals surface area (Å²) in [6, 6.07) is 19.0. The summed E-state index contributed by atoms with van der Waals surface area (Å²) in [6.07, 6.45) is 3.81. The van der Waals surface area contributed by atoms with E-state index < -0.39 is 10.0 Å². The molecule has 0 bridgehead atoms. The Balaban J connectivity index is 1.34. The topological polar surface area (TPSA) is 62.3 Å². The van der Waals surface area contributed by atoms with Crippen molar-refractivity contribution in [3.63, 3.8) is 0 Å². The van der Waals surface area contributed by atoms with Gasteiger partial charge in [-0.2, -0.15) is 0 Å². The standard InChI is InChI=1S/C22H25N3O2S/c26-28(27,22-10-5-7-19-6-1-2-9-21(19)22)24-16-18-11-14-25(15-12-18)17-20-8-3-4-13-23-20/h1-10,13,18,24H,11-12,14-17H2. The molecule has 0 radical (unpaired) electrons. The van der Waals surface area contributed by atoms with Crippen LogP contribution in [0.2, 0.25) is 0 Å². The predicted molar refractivity (Wildman–Crippen MR) is 111 cm³/mol. The molecule has 0 atom stereocenters. The van der Waals surface area contributed by atoms with Crippen LogP contribution in [-0.2, 0) is 16.6 Å². The van der Waals surface area contributed by atoms with Crippen molar-refractivity contribution in [2.75, 3.05) is 19.6 Å². The summed E-state index contributed by atoms with van der Waals surface area (Å²) in [6.45, 7) is 3.28. The molecule has 2 heterocycles. The average Bonchev–Trinajstić information content (AvgIpc) is 2.74. The third-order valence-corrected chi connectivity index (χ3v) is 6.90. The number of nitrogens with one attached hydrogen (secondary N) is 1. The minimum Gasteiger partial charge on any atom is -0.297 e. The summed E-state index contributed by atoms with van der Waals surface area (Å²) in [5.74, 6) is 0.365. The molecule has 6 heteroatoms. The zero-order valence-corrected chi connectivity index (χ0v) is 16.6. The normalized spacial score (nSPS) is 16.4. The van der Waals surface area contributed by atoms with Crippen LogP contribution in [0.25, 0.3) is 10.8 Å². The second-order valence-electron chi connectivity index (χ2n) is 7.37. The van der Waals surface area contributed by atoms with Crippen molar-refractivity contribution in [3.8, 4) is 0 Å². The lowest BCUT2D eigenvalue weighted by atomic mass is 9.97. The summed E-state index contributed by atoms with van der Waals surface area (Å²) in [5, 5.41) is 1.70. The van der Waals surface area contributed by atoms with E-state index in [1.54, 1.807) is 12.1 Å². The molecule has 2 aromatic carbocycles. The summed E-state index contributed by atoms with van der Waals surface area (Å²) < 4.78 is 28.6. The number of piperidine rings is 1. The number of rotatable bonds is 6. The molecule has 28 heavy (non-hydrogen) atoms. The van der Waals surface area contributed by atoms with Gasteiger partial charge in [-0.05, 0) is 55.4 Å². The lowest BCUT2D eigenvalue weighted by Gasteiger charge is -2.31. The lowest BCUT2D eigenvalue weighted by Crippen LogP contribution is -2.38. The first-order chi connectivity index (χ1) is 13.6. The monoisotopic (exact) mass is 395 g/mol. The maximum absolute atomic E-state index is 12.9. The summed E-state index contributed by atoms with van der Waals surface area (Å²) in [4.78, 5) is 7.13. The van der Waals surface area contributed by atoms with Gasteiger partial charge >= 0.3 is 0 Å². The molecule has 1 saturated heterocycles. The van der Waals surface area contributed by atoms with Gasteiger partial charge in [-0.15, -0.1) is 0 Å². The number of likely N-dealkylation sites (tertiary alicyclic amines) is 1. The first-order valence-corrected chi connectivity index (χ1v) is 11.2. The van der Waals surface area contributed by atoms with E-state index in [-0.39, 0.29) is 0 Å². The zero-order valence-electron chi connectivity index (χ0n) is 15.8. The van der Waals surface area contributed by atoms with Gasteiger partial charge in [-0.25, -0.2) is 13.1 Å². The van der Waals surface area contributed by atoms with Crippen LogP contribution in [0.3, 0.4) is 0 Å². The molecule has 146 valence electrons. The molecular formula is C22H25N3O2S. The van der Waals surface area contributed by atoms with Crippen molar-refractivity contribution in [1.82, 2.24) is 14.6 Å². The summed E-state index contributed by atoms with van der Waals surface area (Å²) in [5.41, 5.74) is 1.08. The van der Waals surface area contributed by atoms with Crippen LogP contribution in [0, 0.1) is 5.92 Å². The highest BCUT2D eigenvalue weighted by molar-refractivity contribution is 7.89. The van der Waals surface area contributed by atoms with E-state index in [1.165, 1.54) is 0 Å². The van der Waals surface area contributed by atoms with Gasteiger partial charge in [-0.3, -0.25) is 9.88 Å². The SMILES string of the molecule is O=S(=O)(NCC1CCN(Cc2ccccn2)CC1)c1cccc2ccccc12. The van der Waals surface area contributed by atoms with Crippen molar-refractivity contribution >= 4 is 20.8 Å². The minimum atomic E-state index is -3.52. The Kier molecular flexibility index (Phi) is 5.71. The number of hydrogen-bond acceptors (Lipinski definition) is 4. The Bertz CT molecular complexity index is 1020. The van der Waals surface area contributed by atoms with E-state index in [0.29, 0.717) is 17.4 Å². The Morgan fingerprint density at radius 3 is 2.50 bits per heavy atom. The number of nitrogens with zero attached hydrogens (tertiary/aromatic N) is 2. The molecule has 0 unspecified atom stereocenters. The number of hydrogen-bond donors (Lipinski definition) is 1. The molecule has 1 aliphatic rings. The van der Waals surface area contributed by atoms with Gasteiger partial charge < -0.3 is 0 Å². The minimum absolute atomic E-state index is 0.359. The number of sulfonamides is 1. The van der Waals surface area contributed by atoms with Gasteiger partial charge in [-0.1, -0.05) is 42.5 Å². The van der Waals surface area contributed by atoms with Crippen LogP contribution < -0.4 is 4.72 Å². The fourth-order valence-corrected chi connectivity index (χ4v) is 5.15. The number of pyridine rings is 1. The van der Waals surface area contributed by atoms with Gasteiger partial charge in [0.05, 0.1) is 10.6 Å². The van der Waals surface area contributed by atoms with Crippen LogP contribution in [0.5, 0.6) is 0 Å². The fraction of sp³-hybridized carbons (Fsp3) is 0.318. The van der Waals surface area contributed by atoms with Gasteiger partial charge in [0.2, 0.25) is 10.0 Å². The number of fused-ring (bicyclic) bond motifs is 1. The average molecular weight is 396 g/mol. The smallest absolute Gasteiger partial charge is 0.241 e. The largest absolute Gasteiger partial charge is 0.297 e. The zero-order chi connectivity index (χ0) is 19.4. The van der Waals surface area contributed by atoms with Gasteiger partial charge in [0.15, 0.2) is 0 Å². The second-order valence-corrected chi connectivity index (χ2v) is 9.11. The van der Waals surface area contributed by atoms with Crippen molar-refractivity contribution < 1.29 is 8.42 Å². The molecule has 0 amide bonds. The molecule has 1 aliphatic heterocycles. The maximum Gasteiger partial charge on any atom is 0.241 e. The van der Waals surface area contributed by atoms with Crippen LogP contribution in [-0.4, -0.2) is 37.9 Å². The first kappa shape index (κ1) is 19.1. The highest BCUT2D eigenvalue weighted by atomic mass is 32.2. The molecule has 0 spiro atoms. The molecule has 5 nitrogen and oxygen atoms in total. The molecule has 4 rings (SSSR count).